The van der Waals surface area contributed by atoms with Crippen molar-refractivity contribution in [3.63, 3.8) is 0 Å². The molecule has 0 saturated carbocycles. The number of para-hydroxylation sites is 2. The van der Waals surface area contributed by atoms with Crippen LogP contribution in [0.3, 0.4) is 0 Å². The van der Waals surface area contributed by atoms with E-state index in [2.05, 4.69) is 20.0 Å². The van der Waals surface area contributed by atoms with Crippen LogP contribution < -0.4 is 10.0 Å². The molecule has 2 aromatic carbocycles. The number of hydrogen-bond acceptors (Lipinski definition) is 7. The molecule has 1 amide bonds. The fourth-order valence-corrected chi connectivity index (χ4v) is 4.29. The number of amides is 1. The maximum atomic E-state index is 11.6. The highest BCUT2D eigenvalue weighted by atomic mass is 32.2. The molecule has 0 radical (unpaired) electrons. The number of anilines is 3. The Balaban J connectivity index is 1.62. The lowest BCUT2D eigenvalue weighted by Gasteiger charge is -2.31. The average Bonchev–Trinajstić information content (AvgIpc) is 2.76. The van der Waals surface area contributed by atoms with Crippen LogP contribution in [-0.4, -0.2) is 47.7 Å². The first-order valence-electron chi connectivity index (χ1n) is 10.4. The summed E-state index contributed by atoms with van der Waals surface area (Å²) in [5.41, 5.74) is 2.76. The number of phenolic OH excluding ortho intramolecular Hbond substituents is 1. The summed E-state index contributed by atoms with van der Waals surface area (Å²) in [5, 5.41) is 13.2. The van der Waals surface area contributed by atoms with Gasteiger partial charge in [0.15, 0.2) is 11.6 Å². The summed E-state index contributed by atoms with van der Waals surface area (Å²) >= 11 is -2.57. The number of carbonyl (C=O) groups excluding carboxylic acids is 1. The van der Waals surface area contributed by atoms with Gasteiger partial charge in [0.1, 0.15) is 5.75 Å². The smallest absolute Gasteiger partial charge is 0.219 e. The van der Waals surface area contributed by atoms with Crippen LogP contribution in [0.4, 0.5) is 17.3 Å². The average molecular weight is 455 g/mol. The number of carbonyl (C=O) groups is 1. The van der Waals surface area contributed by atoms with Crippen molar-refractivity contribution in [1.82, 2.24) is 14.9 Å². The van der Waals surface area contributed by atoms with E-state index in [1.54, 1.807) is 37.3 Å². The van der Waals surface area contributed by atoms with Gasteiger partial charge in [0, 0.05) is 43.0 Å². The third kappa shape index (κ3) is 5.14. The van der Waals surface area contributed by atoms with Gasteiger partial charge in [0.25, 0.3) is 0 Å². The molecular formula is C22H24N5O4S-. The number of likely N-dealkylation sites (tertiary alicyclic amines) is 1. The normalized spacial score (nSPS) is 15.5. The second kappa shape index (κ2) is 9.49. The molecule has 0 spiro atoms. The van der Waals surface area contributed by atoms with Gasteiger partial charge in [-0.05, 0) is 48.9 Å². The van der Waals surface area contributed by atoms with Gasteiger partial charge in [0.05, 0.1) is 11.0 Å². The Labute approximate surface area is 188 Å². The highest BCUT2D eigenvalue weighted by molar-refractivity contribution is 7.80. The molecule has 1 atom stereocenters. The number of phenols is 1. The molecule has 1 fully saturated rings. The number of nitrogens with zero attached hydrogens (tertiary/aromatic N) is 3. The SMILES string of the molecule is CC(=O)N1CCC(Cc2ccc(O)cc2Nc2nc3ccccc3nc2NS(=O)[O-])CC1. The molecule has 3 N–H and O–H groups in total. The van der Waals surface area contributed by atoms with E-state index in [9.17, 15) is 18.7 Å². The minimum Gasteiger partial charge on any atom is -0.755 e. The summed E-state index contributed by atoms with van der Waals surface area (Å²) in [4.78, 5) is 22.4. The van der Waals surface area contributed by atoms with Crippen molar-refractivity contribution in [2.75, 3.05) is 23.1 Å². The number of hydrogen-bond donors (Lipinski definition) is 3. The molecular weight excluding hydrogens is 430 g/mol. The standard InChI is InChI=1S/C22H25N5O4S/c1-14(28)27-10-8-15(9-11-27)12-16-6-7-17(29)13-20(16)25-21-22(26-32(30)31)24-19-5-3-2-4-18(19)23-21/h2-7,13,15,29H,8-12H2,1H3,(H,23,25)(H,24,26)(H,30,31)/p-1. The van der Waals surface area contributed by atoms with E-state index < -0.39 is 11.3 Å². The third-order valence-corrected chi connectivity index (χ3v) is 6.03. The summed E-state index contributed by atoms with van der Waals surface area (Å²) in [5.74, 6) is 0.886. The van der Waals surface area contributed by atoms with E-state index in [1.807, 2.05) is 17.0 Å². The Kier molecular flexibility index (Phi) is 6.52. The summed E-state index contributed by atoms with van der Waals surface area (Å²) in [6, 6.07) is 12.2. The van der Waals surface area contributed by atoms with Crippen LogP contribution in [0, 0.1) is 5.92 Å². The number of fused-ring (bicyclic) bond motifs is 1. The van der Waals surface area contributed by atoms with Gasteiger partial charge in [-0.3, -0.25) is 13.7 Å². The summed E-state index contributed by atoms with van der Waals surface area (Å²) in [7, 11) is 0. The molecule has 10 heteroatoms. The molecule has 1 aliphatic rings. The maximum absolute atomic E-state index is 11.6. The van der Waals surface area contributed by atoms with Gasteiger partial charge in [-0.25, -0.2) is 9.97 Å². The third-order valence-electron chi connectivity index (χ3n) is 5.67. The molecule has 4 rings (SSSR count). The summed E-state index contributed by atoms with van der Waals surface area (Å²) in [6.07, 6.45) is 2.56. The molecule has 1 saturated heterocycles. The zero-order valence-corrected chi connectivity index (χ0v) is 18.4. The van der Waals surface area contributed by atoms with Crippen LogP contribution in [0.2, 0.25) is 0 Å². The minimum atomic E-state index is -2.57. The Morgan fingerprint density at radius 2 is 1.81 bits per heavy atom. The lowest BCUT2D eigenvalue weighted by Crippen LogP contribution is -2.37. The molecule has 168 valence electrons. The van der Waals surface area contributed by atoms with Gasteiger partial charge >= 0.3 is 0 Å². The Bertz CT molecular complexity index is 1160. The number of piperidine rings is 1. The van der Waals surface area contributed by atoms with Crippen molar-refractivity contribution >= 4 is 45.5 Å². The van der Waals surface area contributed by atoms with Crippen LogP contribution in [0.1, 0.15) is 25.3 Å². The van der Waals surface area contributed by atoms with Crippen molar-refractivity contribution in [3.05, 3.63) is 48.0 Å². The fourth-order valence-electron chi connectivity index (χ4n) is 3.99. The van der Waals surface area contributed by atoms with Crippen molar-refractivity contribution in [3.8, 4) is 5.75 Å². The van der Waals surface area contributed by atoms with Crippen molar-refractivity contribution < 1.29 is 18.7 Å². The van der Waals surface area contributed by atoms with E-state index in [0.717, 1.165) is 37.9 Å². The van der Waals surface area contributed by atoms with Crippen LogP contribution in [0.15, 0.2) is 42.5 Å². The van der Waals surface area contributed by atoms with Crippen LogP contribution in [0.5, 0.6) is 5.75 Å². The highest BCUT2D eigenvalue weighted by Crippen LogP contribution is 2.32. The number of aromatic hydroxyl groups is 1. The van der Waals surface area contributed by atoms with Gasteiger partial charge in [0.2, 0.25) is 5.91 Å². The van der Waals surface area contributed by atoms with Crippen molar-refractivity contribution in [1.29, 1.82) is 0 Å². The second-order valence-electron chi connectivity index (χ2n) is 7.87. The Morgan fingerprint density at radius 3 is 2.44 bits per heavy atom. The van der Waals surface area contributed by atoms with E-state index in [1.165, 1.54) is 0 Å². The van der Waals surface area contributed by atoms with Gasteiger partial charge in [-0.2, -0.15) is 0 Å². The molecule has 32 heavy (non-hydrogen) atoms. The summed E-state index contributed by atoms with van der Waals surface area (Å²) < 4.78 is 24.9. The van der Waals surface area contributed by atoms with E-state index in [4.69, 9.17) is 0 Å². The monoisotopic (exact) mass is 454 g/mol. The van der Waals surface area contributed by atoms with Gasteiger partial charge in [-0.15, -0.1) is 0 Å². The highest BCUT2D eigenvalue weighted by Gasteiger charge is 2.22. The predicted octanol–water partition coefficient (Wildman–Crippen LogP) is 3.09. The first-order chi connectivity index (χ1) is 15.4. The zero-order valence-electron chi connectivity index (χ0n) is 17.6. The molecule has 9 nitrogen and oxygen atoms in total. The van der Waals surface area contributed by atoms with Crippen LogP contribution >= 0.6 is 0 Å². The Morgan fingerprint density at radius 1 is 1.16 bits per heavy atom. The minimum absolute atomic E-state index is 0.0705. The molecule has 0 aliphatic carbocycles. The Hall–Kier alpha value is -3.24. The van der Waals surface area contributed by atoms with Gasteiger partial charge in [-0.1, -0.05) is 18.2 Å². The topological polar surface area (TPSA) is 131 Å². The van der Waals surface area contributed by atoms with E-state index in [-0.39, 0.29) is 23.3 Å². The fraction of sp³-hybridized carbons (Fsp3) is 0.318. The van der Waals surface area contributed by atoms with Crippen LogP contribution in [0.25, 0.3) is 11.0 Å². The molecule has 2 heterocycles. The maximum Gasteiger partial charge on any atom is 0.219 e. The number of aromatic nitrogens is 2. The van der Waals surface area contributed by atoms with Crippen LogP contribution in [-0.2, 0) is 22.5 Å². The molecule has 1 unspecified atom stereocenters. The first kappa shape index (κ1) is 22.0. The van der Waals surface area contributed by atoms with E-state index in [0.29, 0.717) is 22.6 Å². The lowest BCUT2D eigenvalue weighted by molar-refractivity contribution is -0.130. The molecule has 3 aromatic rings. The first-order valence-corrected chi connectivity index (χ1v) is 11.4. The predicted molar refractivity (Wildman–Crippen MR) is 122 cm³/mol. The largest absolute Gasteiger partial charge is 0.755 e. The van der Waals surface area contributed by atoms with Gasteiger partial charge < -0.3 is 19.9 Å². The summed E-state index contributed by atoms with van der Waals surface area (Å²) in [6.45, 7) is 3.06. The van der Waals surface area contributed by atoms with Crippen molar-refractivity contribution in [2.45, 2.75) is 26.2 Å². The van der Waals surface area contributed by atoms with Crippen molar-refractivity contribution in [2.24, 2.45) is 5.92 Å². The molecule has 1 aromatic heterocycles. The zero-order chi connectivity index (χ0) is 22.7. The molecule has 0 bridgehead atoms. The second-order valence-corrected chi connectivity index (χ2v) is 8.54. The quantitative estimate of drug-likeness (QED) is 0.488. The molecule has 1 aliphatic heterocycles. The number of rotatable bonds is 6. The number of benzene rings is 2. The van der Waals surface area contributed by atoms with E-state index >= 15 is 0 Å². The number of nitrogens with one attached hydrogen (secondary N) is 2. The lowest BCUT2D eigenvalue weighted by atomic mass is 9.89.